The summed E-state index contributed by atoms with van der Waals surface area (Å²) < 4.78 is 57.1. The Morgan fingerprint density at radius 2 is 1.49 bits per heavy atom. The van der Waals surface area contributed by atoms with Crippen LogP contribution >= 0.6 is 51.1 Å². The molecule has 63 heavy (non-hydrogen) atoms. The lowest BCUT2D eigenvalue weighted by Gasteiger charge is -2.13. The highest BCUT2D eigenvalue weighted by atomic mass is 79.9. The molecule has 4 aromatic carbocycles. The summed E-state index contributed by atoms with van der Waals surface area (Å²) in [6.45, 7) is 0.735. The highest BCUT2D eigenvalue weighted by Crippen LogP contribution is 2.41. The molecule has 320 valence electrons. The number of hydrogen-bond donors (Lipinski definition) is 2. The number of nitrogens with one attached hydrogen (secondary N) is 2. The SMILES string of the molecule is COc1ccc(OC)c(Sc2nc3c(NNc4ncnc5c4nc(SC4=COC(c6ccccc6Br)O4)n5CCc4ccc(Cl)cc4F)ncnc3n2CCc2cccc(F)c2)c1. The summed E-state index contributed by atoms with van der Waals surface area (Å²) in [4.78, 5) is 29.0. The fraction of sp³-hybridized carbons (Fsp3) is 0.163. The molecule has 0 bridgehead atoms. The maximum absolute atomic E-state index is 15.0. The molecule has 5 heterocycles. The molecule has 20 heteroatoms. The molecule has 0 spiro atoms. The minimum atomic E-state index is -0.670. The maximum atomic E-state index is 15.0. The Kier molecular flexibility index (Phi) is 12.5. The first kappa shape index (κ1) is 42.2. The summed E-state index contributed by atoms with van der Waals surface area (Å²) >= 11 is 12.2. The van der Waals surface area contributed by atoms with Gasteiger partial charge < -0.3 is 28.1 Å². The Balaban J connectivity index is 1.03. The largest absolute Gasteiger partial charge is 0.497 e. The number of benzene rings is 4. The smallest absolute Gasteiger partial charge is 0.268 e. The van der Waals surface area contributed by atoms with Crippen molar-refractivity contribution >= 4 is 85.0 Å². The Labute approximate surface area is 380 Å². The predicted molar refractivity (Wildman–Crippen MR) is 240 cm³/mol. The van der Waals surface area contributed by atoms with Gasteiger partial charge in [0.25, 0.3) is 6.29 Å². The molecule has 0 saturated heterocycles. The van der Waals surface area contributed by atoms with Crippen LogP contribution in [0.5, 0.6) is 11.5 Å². The van der Waals surface area contributed by atoms with Gasteiger partial charge in [0.05, 0.1) is 19.1 Å². The van der Waals surface area contributed by atoms with E-state index in [1.807, 2.05) is 57.7 Å². The number of ether oxygens (including phenoxy) is 4. The topological polar surface area (TPSA) is 148 Å². The Hall–Kier alpha value is -6.15. The van der Waals surface area contributed by atoms with Crippen LogP contribution in [-0.4, -0.2) is 53.3 Å². The number of anilines is 2. The van der Waals surface area contributed by atoms with Crippen molar-refractivity contribution in [3.8, 4) is 11.5 Å². The van der Waals surface area contributed by atoms with Crippen molar-refractivity contribution in [2.75, 3.05) is 25.1 Å². The number of nitrogens with zero attached hydrogens (tertiary/aromatic N) is 8. The number of halogens is 4. The first-order valence-corrected chi connectivity index (χ1v) is 22.0. The molecule has 1 aliphatic heterocycles. The number of aryl methyl sites for hydroxylation is 4. The Bertz CT molecular complexity index is 3010. The Morgan fingerprint density at radius 1 is 0.778 bits per heavy atom. The molecule has 0 fully saturated rings. The molecular formula is C43H34BrClF2N10O4S2. The highest BCUT2D eigenvalue weighted by Gasteiger charge is 2.27. The summed E-state index contributed by atoms with van der Waals surface area (Å²) in [6, 6.07) is 24.2. The van der Waals surface area contributed by atoms with Gasteiger partial charge in [0.1, 0.15) is 42.1 Å². The zero-order valence-corrected chi connectivity index (χ0v) is 37.2. The lowest BCUT2D eigenvalue weighted by atomic mass is 10.1. The van der Waals surface area contributed by atoms with E-state index in [1.54, 1.807) is 32.4 Å². The number of aromatic nitrogens is 8. The molecule has 1 atom stereocenters. The van der Waals surface area contributed by atoms with Gasteiger partial charge in [-0.15, -0.1) is 0 Å². The number of thioether (sulfide) groups is 1. The summed E-state index contributed by atoms with van der Waals surface area (Å²) in [5, 5.41) is 1.86. The molecule has 1 unspecified atom stereocenters. The van der Waals surface area contributed by atoms with E-state index in [2.05, 4.69) is 46.7 Å². The summed E-state index contributed by atoms with van der Waals surface area (Å²) in [5.74, 6) is 1.23. The van der Waals surface area contributed by atoms with Crippen LogP contribution in [0.15, 0.2) is 129 Å². The van der Waals surface area contributed by atoms with E-state index >= 15 is 0 Å². The van der Waals surface area contributed by atoms with Gasteiger partial charge >= 0.3 is 0 Å². The van der Waals surface area contributed by atoms with Crippen LogP contribution < -0.4 is 20.3 Å². The quantitative estimate of drug-likeness (QED) is 0.0885. The number of hydrogen-bond acceptors (Lipinski definition) is 14. The molecule has 0 aliphatic carbocycles. The van der Waals surface area contributed by atoms with Gasteiger partial charge in [-0.2, -0.15) is 0 Å². The van der Waals surface area contributed by atoms with Crippen molar-refractivity contribution in [3.05, 3.63) is 147 Å². The van der Waals surface area contributed by atoms with Crippen LogP contribution in [0.4, 0.5) is 20.4 Å². The second-order valence-corrected chi connectivity index (χ2v) is 17.0. The molecule has 9 rings (SSSR count). The van der Waals surface area contributed by atoms with E-state index < -0.39 is 12.1 Å². The molecule has 0 amide bonds. The first-order valence-electron chi connectivity index (χ1n) is 19.2. The maximum Gasteiger partial charge on any atom is 0.268 e. The molecule has 1 aliphatic rings. The van der Waals surface area contributed by atoms with Crippen LogP contribution in [-0.2, 0) is 35.4 Å². The van der Waals surface area contributed by atoms with Gasteiger partial charge in [-0.1, -0.05) is 63.9 Å². The van der Waals surface area contributed by atoms with Crippen LogP contribution in [0, 0.1) is 11.6 Å². The molecule has 14 nitrogen and oxygen atoms in total. The van der Waals surface area contributed by atoms with Crippen LogP contribution in [0.1, 0.15) is 23.0 Å². The summed E-state index contributed by atoms with van der Waals surface area (Å²) in [5.41, 5.74) is 10.3. The molecule has 0 saturated carbocycles. The van der Waals surface area contributed by atoms with E-state index in [4.69, 9.17) is 40.5 Å². The third-order valence-corrected chi connectivity index (χ3v) is 12.7. The van der Waals surface area contributed by atoms with Crippen molar-refractivity contribution in [2.24, 2.45) is 0 Å². The van der Waals surface area contributed by atoms with E-state index in [0.717, 1.165) is 20.5 Å². The van der Waals surface area contributed by atoms with Gasteiger partial charge in [-0.3, -0.25) is 10.9 Å². The van der Waals surface area contributed by atoms with Crippen molar-refractivity contribution < 1.29 is 27.7 Å². The van der Waals surface area contributed by atoms with Gasteiger partial charge in [0.15, 0.2) is 44.3 Å². The molecule has 0 radical (unpaired) electrons. The van der Waals surface area contributed by atoms with E-state index in [1.165, 1.54) is 60.6 Å². The number of hydrazine groups is 1. The van der Waals surface area contributed by atoms with Gasteiger partial charge in [-0.05, 0) is 96.0 Å². The Morgan fingerprint density at radius 3 is 2.17 bits per heavy atom. The molecule has 4 aromatic heterocycles. The highest BCUT2D eigenvalue weighted by molar-refractivity contribution is 9.10. The third-order valence-electron chi connectivity index (χ3n) is 9.86. The fourth-order valence-corrected chi connectivity index (χ4v) is 9.29. The van der Waals surface area contributed by atoms with Gasteiger partial charge in [-0.25, -0.2) is 38.7 Å². The van der Waals surface area contributed by atoms with E-state index in [-0.39, 0.29) is 5.82 Å². The second-order valence-electron chi connectivity index (χ2n) is 13.8. The third kappa shape index (κ3) is 9.18. The standard InChI is InChI=1S/C43H34BrClF2N10O4S2/c1-58-28-12-13-32(59-2)33(20-28)62-42-52-35-37(48-22-50-39(35)56(42)16-14-24-6-5-7-27(46)18-24)54-55-38-36-40(51-23-49-38)57(17-15-25-10-11-26(45)19-31(25)47)43(53-36)63-34-21-60-41(61-34)29-8-3-4-9-30(29)44/h3-13,18-23,41H,14-17H2,1-2H3,(H,48,50,54)(H,49,51,55). The number of methoxy groups -OCH3 is 2. The van der Waals surface area contributed by atoms with Crippen LogP contribution in [0.3, 0.4) is 0 Å². The van der Waals surface area contributed by atoms with Gasteiger partial charge in [0, 0.05) is 28.1 Å². The van der Waals surface area contributed by atoms with Crippen molar-refractivity contribution in [1.82, 2.24) is 39.0 Å². The van der Waals surface area contributed by atoms with Crippen LogP contribution in [0.2, 0.25) is 5.02 Å². The van der Waals surface area contributed by atoms with Crippen molar-refractivity contribution in [1.29, 1.82) is 0 Å². The summed E-state index contributed by atoms with van der Waals surface area (Å²) in [7, 11) is 3.20. The first-order chi connectivity index (χ1) is 30.7. The zero-order valence-electron chi connectivity index (χ0n) is 33.3. The van der Waals surface area contributed by atoms with Crippen molar-refractivity contribution in [2.45, 2.75) is 47.4 Å². The zero-order chi connectivity index (χ0) is 43.5. The molecular weight excluding hydrogens is 938 g/mol. The molecule has 2 N–H and O–H groups in total. The van der Waals surface area contributed by atoms with Crippen molar-refractivity contribution in [3.63, 3.8) is 0 Å². The van der Waals surface area contributed by atoms with Crippen LogP contribution in [0.25, 0.3) is 22.3 Å². The normalized spacial score (nSPS) is 13.5. The lowest BCUT2D eigenvalue weighted by Crippen LogP contribution is -2.13. The minimum absolute atomic E-state index is 0.307. The summed E-state index contributed by atoms with van der Waals surface area (Å²) in [6.07, 6.45) is 4.52. The average Bonchev–Trinajstić information content (AvgIpc) is 4.00. The lowest BCUT2D eigenvalue weighted by molar-refractivity contribution is -0.0278. The predicted octanol–water partition coefficient (Wildman–Crippen LogP) is 10.4. The second kappa shape index (κ2) is 18.7. The number of imidazole rings is 2. The number of fused-ring (bicyclic) bond motifs is 2. The number of rotatable bonds is 16. The monoisotopic (exact) mass is 970 g/mol. The average molecular weight is 972 g/mol. The van der Waals surface area contributed by atoms with E-state index in [9.17, 15) is 8.78 Å². The van der Waals surface area contributed by atoms with E-state index in [0.29, 0.717) is 97.4 Å². The minimum Gasteiger partial charge on any atom is -0.497 e. The van der Waals surface area contributed by atoms with Gasteiger partial charge in [0.2, 0.25) is 5.09 Å². The molecule has 8 aromatic rings. The fourth-order valence-electron chi connectivity index (χ4n) is 6.77.